The van der Waals surface area contributed by atoms with Crippen LogP contribution in [0.25, 0.3) is 11.0 Å². The maximum absolute atomic E-state index is 14.3. The van der Waals surface area contributed by atoms with Gasteiger partial charge in [-0.05, 0) is 26.0 Å². The molecular weight excluding hydrogens is 341 g/mol. The van der Waals surface area contributed by atoms with Crippen molar-refractivity contribution >= 4 is 29.2 Å². The van der Waals surface area contributed by atoms with Crippen LogP contribution in [0.3, 0.4) is 0 Å². The zero-order valence-electron chi connectivity index (χ0n) is 14.2. The average molecular weight is 357 g/mol. The minimum Gasteiger partial charge on any atom is -0.489 e. The number of anilines is 1. The molecule has 1 aliphatic heterocycles. The van der Waals surface area contributed by atoms with Crippen LogP contribution in [-0.4, -0.2) is 38.1 Å². The van der Waals surface area contributed by atoms with Crippen LogP contribution in [0.15, 0.2) is 12.1 Å². The zero-order chi connectivity index (χ0) is 18.4. The number of aromatic nitrogens is 4. The lowest BCUT2D eigenvalue weighted by Gasteiger charge is -2.18. The number of benzene rings is 1. The second kappa shape index (κ2) is 5.94. The molecule has 0 aliphatic carbocycles. The minimum absolute atomic E-state index is 0.134. The van der Waals surface area contributed by atoms with Crippen LogP contribution < -0.4 is 10.1 Å². The van der Waals surface area contributed by atoms with E-state index in [4.69, 9.17) is 4.74 Å². The van der Waals surface area contributed by atoms with E-state index in [0.717, 1.165) is 0 Å². The first-order chi connectivity index (χ1) is 12.5. The molecule has 3 aromatic rings. The molecule has 0 saturated carbocycles. The molecule has 134 valence electrons. The highest BCUT2D eigenvalue weighted by atomic mass is 19.1. The van der Waals surface area contributed by atoms with Gasteiger partial charge in [0.1, 0.15) is 24.2 Å². The van der Waals surface area contributed by atoms with Crippen molar-refractivity contribution in [2.75, 3.05) is 11.9 Å². The fraction of sp³-hybridized carbons (Fsp3) is 0.294. The number of carbonyl (C=O) groups is 2. The number of amides is 1. The number of aryl methyl sites for hydroxylation is 2. The number of aldehydes is 1. The van der Waals surface area contributed by atoms with Crippen LogP contribution in [0, 0.1) is 12.7 Å². The van der Waals surface area contributed by atoms with Crippen LogP contribution in [-0.2, 0) is 13.1 Å². The molecule has 0 radical (unpaired) electrons. The van der Waals surface area contributed by atoms with Gasteiger partial charge in [0.25, 0.3) is 5.91 Å². The van der Waals surface area contributed by atoms with Gasteiger partial charge in [-0.2, -0.15) is 5.10 Å². The van der Waals surface area contributed by atoms with Crippen molar-refractivity contribution in [3.8, 4) is 5.75 Å². The number of hydrogen-bond donors (Lipinski definition) is 1. The van der Waals surface area contributed by atoms with Crippen LogP contribution in [0.4, 0.5) is 10.3 Å². The molecule has 0 atom stereocenters. The van der Waals surface area contributed by atoms with E-state index in [1.165, 1.54) is 11.6 Å². The molecule has 1 aromatic carbocycles. The molecule has 1 aliphatic rings. The van der Waals surface area contributed by atoms with E-state index >= 15 is 0 Å². The molecule has 0 fully saturated rings. The third kappa shape index (κ3) is 2.35. The van der Waals surface area contributed by atoms with E-state index in [0.29, 0.717) is 48.3 Å². The van der Waals surface area contributed by atoms with Crippen LogP contribution in [0.1, 0.15) is 33.5 Å². The van der Waals surface area contributed by atoms with E-state index in [2.05, 4.69) is 15.4 Å². The molecule has 2 aromatic heterocycles. The Hall–Kier alpha value is -3.23. The summed E-state index contributed by atoms with van der Waals surface area (Å²) in [6.45, 7) is 4.51. The quantitative estimate of drug-likeness (QED) is 0.723. The Bertz CT molecular complexity index is 1050. The second-order valence-electron chi connectivity index (χ2n) is 5.96. The predicted octanol–water partition coefficient (Wildman–Crippen LogP) is 2.16. The van der Waals surface area contributed by atoms with Gasteiger partial charge in [0.15, 0.2) is 11.5 Å². The summed E-state index contributed by atoms with van der Waals surface area (Å²) in [7, 11) is 0. The largest absolute Gasteiger partial charge is 0.489 e. The molecule has 3 heterocycles. The lowest BCUT2D eigenvalue weighted by Crippen LogP contribution is -2.23. The summed E-state index contributed by atoms with van der Waals surface area (Å²) >= 11 is 0. The molecule has 26 heavy (non-hydrogen) atoms. The van der Waals surface area contributed by atoms with Gasteiger partial charge in [0.05, 0.1) is 17.8 Å². The van der Waals surface area contributed by atoms with Crippen molar-refractivity contribution in [1.29, 1.82) is 0 Å². The molecule has 0 unspecified atom stereocenters. The van der Waals surface area contributed by atoms with Gasteiger partial charge in [0.2, 0.25) is 5.95 Å². The smallest absolute Gasteiger partial charge is 0.279 e. The molecule has 4 rings (SSSR count). The van der Waals surface area contributed by atoms with Gasteiger partial charge >= 0.3 is 0 Å². The predicted molar refractivity (Wildman–Crippen MR) is 91.2 cm³/mol. The first-order valence-electron chi connectivity index (χ1n) is 8.20. The molecule has 9 heteroatoms. The van der Waals surface area contributed by atoms with Gasteiger partial charge in [-0.15, -0.1) is 0 Å². The monoisotopic (exact) mass is 357 g/mol. The number of imidazole rings is 1. The molecule has 1 N–H and O–H groups in total. The second-order valence-corrected chi connectivity index (χ2v) is 5.96. The Balaban J connectivity index is 1.78. The summed E-state index contributed by atoms with van der Waals surface area (Å²) in [5.74, 6) is -0.463. The first-order valence-corrected chi connectivity index (χ1v) is 8.20. The topological polar surface area (TPSA) is 91.0 Å². The van der Waals surface area contributed by atoms with Gasteiger partial charge < -0.3 is 9.30 Å². The Morgan fingerprint density at radius 3 is 3.00 bits per heavy atom. The Labute approximate surface area is 147 Å². The number of halogens is 1. The van der Waals surface area contributed by atoms with Crippen molar-refractivity contribution in [2.24, 2.45) is 0 Å². The number of carbonyl (C=O) groups excluding carboxylic acids is 2. The van der Waals surface area contributed by atoms with Crippen LogP contribution in [0.5, 0.6) is 5.75 Å². The van der Waals surface area contributed by atoms with Crippen molar-refractivity contribution in [1.82, 2.24) is 19.3 Å². The molecule has 8 nitrogen and oxygen atoms in total. The van der Waals surface area contributed by atoms with E-state index in [-0.39, 0.29) is 17.3 Å². The first kappa shape index (κ1) is 16.2. The fourth-order valence-corrected chi connectivity index (χ4v) is 3.15. The molecular formula is C17H16FN5O3. The number of rotatable bonds is 4. The third-order valence-electron chi connectivity index (χ3n) is 4.33. The lowest BCUT2D eigenvalue weighted by atomic mass is 10.2. The SMILES string of the molecule is CCn1nc(C)c(F)c1C(=O)Nc1nc2cc(C=O)cc3c2n1CCO3. The Morgan fingerprint density at radius 2 is 2.27 bits per heavy atom. The standard InChI is InChI=1S/C17H16FN5O3/c1-3-23-15(13(18)9(2)21-23)16(25)20-17-19-11-6-10(8-24)7-12-14(11)22(17)4-5-26-12/h6-8H,3-5H2,1-2H3,(H,19,20,25). The maximum Gasteiger partial charge on any atom is 0.279 e. The van der Waals surface area contributed by atoms with Crippen molar-refractivity contribution in [2.45, 2.75) is 26.9 Å². The summed E-state index contributed by atoms with van der Waals surface area (Å²) in [6, 6.07) is 3.25. The van der Waals surface area contributed by atoms with Crippen LogP contribution in [0.2, 0.25) is 0 Å². The number of nitrogens with one attached hydrogen (secondary N) is 1. The van der Waals surface area contributed by atoms with Gasteiger partial charge in [-0.3, -0.25) is 19.6 Å². The van der Waals surface area contributed by atoms with Crippen molar-refractivity contribution in [3.05, 3.63) is 34.9 Å². The lowest BCUT2D eigenvalue weighted by molar-refractivity contribution is 0.101. The molecule has 1 amide bonds. The van der Waals surface area contributed by atoms with Gasteiger partial charge in [-0.25, -0.2) is 9.37 Å². The highest BCUT2D eigenvalue weighted by Crippen LogP contribution is 2.33. The molecule has 0 bridgehead atoms. The van der Waals surface area contributed by atoms with E-state index in [1.807, 2.05) is 0 Å². The summed E-state index contributed by atoms with van der Waals surface area (Å²) < 4.78 is 23.0. The molecule has 0 spiro atoms. The highest BCUT2D eigenvalue weighted by Gasteiger charge is 2.25. The van der Waals surface area contributed by atoms with Gasteiger partial charge in [0, 0.05) is 12.1 Å². The van der Waals surface area contributed by atoms with E-state index in [1.54, 1.807) is 23.6 Å². The summed E-state index contributed by atoms with van der Waals surface area (Å²) in [4.78, 5) is 28.1. The number of hydrogen-bond acceptors (Lipinski definition) is 5. The maximum atomic E-state index is 14.3. The van der Waals surface area contributed by atoms with Crippen molar-refractivity contribution < 1.29 is 18.7 Å². The highest BCUT2D eigenvalue weighted by molar-refractivity contribution is 6.03. The fourth-order valence-electron chi connectivity index (χ4n) is 3.15. The van der Waals surface area contributed by atoms with Crippen LogP contribution >= 0.6 is 0 Å². The van der Waals surface area contributed by atoms with E-state index < -0.39 is 11.7 Å². The van der Waals surface area contributed by atoms with Gasteiger partial charge in [-0.1, -0.05) is 0 Å². The average Bonchev–Trinajstić information content (AvgIpc) is 3.13. The summed E-state index contributed by atoms with van der Waals surface area (Å²) in [6.07, 6.45) is 0.711. The zero-order valence-corrected chi connectivity index (χ0v) is 14.2. The Kier molecular flexibility index (Phi) is 3.71. The summed E-state index contributed by atoms with van der Waals surface area (Å²) in [5, 5.41) is 6.68. The molecule has 0 saturated heterocycles. The Morgan fingerprint density at radius 1 is 1.46 bits per heavy atom. The third-order valence-corrected chi connectivity index (χ3v) is 4.33. The number of ether oxygens (including phenoxy) is 1. The van der Waals surface area contributed by atoms with E-state index in [9.17, 15) is 14.0 Å². The van der Waals surface area contributed by atoms with Crippen molar-refractivity contribution in [3.63, 3.8) is 0 Å². The summed E-state index contributed by atoms with van der Waals surface area (Å²) in [5.41, 5.74) is 1.68. The number of nitrogens with zero attached hydrogens (tertiary/aromatic N) is 4. The normalized spacial score (nSPS) is 12.9. The minimum atomic E-state index is -0.647.